The van der Waals surface area contributed by atoms with Crippen LogP contribution in [0.5, 0.6) is 0 Å². The quantitative estimate of drug-likeness (QED) is 0.898. The molecular formula is C13H19N5. The highest BCUT2D eigenvalue weighted by Crippen LogP contribution is 2.24. The molecule has 0 aliphatic rings. The predicted octanol–water partition coefficient (Wildman–Crippen LogP) is 2.32. The average molecular weight is 245 g/mol. The molecule has 2 aromatic rings. The summed E-state index contributed by atoms with van der Waals surface area (Å²) >= 11 is 0. The molecule has 0 saturated heterocycles. The first-order valence-corrected chi connectivity index (χ1v) is 6.20. The molecule has 0 aromatic carbocycles. The molecule has 5 nitrogen and oxygen atoms in total. The van der Waals surface area contributed by atoms with Gasteiger partial charge in [-0.25, -0.2) is 9.97 Å². The van der Waals surface area contributed by atoms with Gasteiger partial charge in [0, 0.05) is 25.4 Å². The Labute approximate surface area is 107 Å². The summed E-state index contributed by atoms with van der Waals surface area (Å²) < 4.78 is 1.77. The number of aromatic nitrogens is 4. The van der Waals surface area contributed by atoms with E-state index in [0.717, 1.165) is 41.4 Å². The highest BCUT2D eigenvalue weighted by Gasteiger charge is 2.12. The van der Waals surface area contributed by atoms with E-state index in [4.69, 9.17) is 0 Å². The molecule has 0 aliphatic carbocycles. The molecule has 0 spiro atoms. The first-order chi connectivity index (χ1) is 8.61. The maximum atomic E-state index is 4.63. The number of hydrogen-bond acceptors (Lipinski definition) is 4. The Morgan fingerprint density at radius 3 is 2.56 bits per heavy atom. The molecule has 0 atom stereocenters. The minimum absolute atomic E-state index is 0.841. The first-order valence-electron chi connectivity index (χ1n) is 6.20. The van der Waals surface area contributed by atoms with E-state index in [9.17, 15) is 0 Å². The fraction of sp³-hybridized carbons (Fsp3) is 0.462. The fourth-order valence-electron chi connectivity index (χ4n) is 1.71. The van der Waals surface area contributed by atoms with Gasteiger partial charge in [0.15, 0.2) is 5.82 Å². The molecule has 0 bridgehead atoms. The lowest BCUT2D eigenvalue weighted by Crippen LogP contribution is -2.07. The topological polar surface area (TPSA) is 55.6 Å². The van der Waals surface area contributed by atoms with E-state index in [-0.39, 0.29) is 0 Å². The molecular weight excluding hydrogens is 226 g/mol. The Bertz CT molecular complexity index is 544. The molecule has 0 amide bonds. The van der Waals surface area contributed by atoms with Gasteiger partial charge in [-0.2, -0.15) is 5.10 Å². The van der Waals surface area contributed by atoms with Gasteiger partial charge >= 0.3 is 0 Å². The van der Waals surface area contributed by atoms with Crippen molar-refractivity contribution in [2.75, 3.05) is 11.9 Å². The lowest BCUT2D eigenvalue weighted by molar-refractivity contribution is 0.768. The van der Waals surface area contributed by atoms with Gasteiger partial charge in [0.05, 0.1) is 17.6 Å². The third-order valence-electron chi connectivity index (χ3n) is 2.83. The van der Waals surface area contributed by atoms with Crippen LogP contribution in [0, 0.1) is 13.8 Å². The second-order valence-electron chi connectivity index (χ2n) is 4.42. The standard InChI is InChI=1S/C13H19N5/c1-5-6-14-13-12(11-7-15-18(4)8-11)16-9(2)10(3)17-13/h7-8H,5-6H2,1-4H3,(H,14,17). The highest BCUT2D eigenvalue weighted by atomic mass is 15.2. The summed E-state index contributed by atoms with van der Waals surface area (Å²) in [5, 5.41) is 7.52. The maximum absolute atomic E-state index is 4.63. The summed E-state index contributed by atoms with van der Waals surface area (Å²) in [7, 11) is 1.90. The van der Waals surface area contributed by atoms with E-state index in [1.165, 1.54) is 0 Å². The number of nitrogens with zero attached hydrogens (tertiary/aromatic N) is 4. The van der Waals surface area contributed by atoms with Crippen LogP contribution in [-0.2, 0) is 7.05 Å². The van der Waals surface area contributed by atoms with Crippen LogP contribution in [0.3, 0.4) is 0 Å². The van der Waals surface area contributed by atoms with Gasteiger partial charge in [-0.3, -0.25) is 4.68 Å². The van der Waals surface area contributed by atoms with Crippen molar-refractivity contribution in [3.8, 4) is 11.3 Å². The van der Waals surface area contributed by atoms with Gasteiger partial charge in [0.25, 0.3) is 0 Å². The summed E-state index contributed by atoms with van der Waals surface area (Å²) in [4.78, 5) is 9.22. The monoisotopic (exact) mass is 245 g/mol. The lowest BCUT2D eigenvalue weighted by Gasteiger charge is -2.11. The number of aryl methyl sites for hydroxylation is 3. The van der Waals surface area contributed by atoms with E-state index in [0.29, 0.717) is 0 Å². The molecule has 2 aromatic heterocycles. The summed E-state index contributed by atoms with van der Waals surface area (Å²) in [5.41, 5.74) is 3.78. The second kappa shape index (κ2) is 5.16. The van der Waals surface area contributed by atoms with Crippen LogP contribution < -0.4 is 5.32 Å². The maximum Gasteiger partial charge on any atom is 0.153 e. The van der Waals surface area contributed by atoms with Gasteiger partial charge in [-0.05, 0) is 20.3 Å². The Morgan fingerprint density at radius 2 is 1.94 bits per heavy atom. The summed E-state index contributed by atoms with van der Waals surface area (Å²) in [6, 6.07) is 0. The summed E-state index contributed by atoms with van der Waals surface area (Å²) in [6.07, 6.45) is 4.83. The number of rotatable bonds is 4. The molecule has 0 saturated carbocycles. The van der Waals surface area contributed by atoms with Crippen molar-refractivity contribution in [3.63, 3.8) is 0 Å². The zero-order chi connectivity index (χ0) is 13.1. The molecule has 0 fully saturated rings. The molecule has 2 heterocycles. The molecule has 0 radical (unpaired) electrons. The van der Waals surface area contributed by atoms with Gasteiger partial charge in [0.2, 0.25) is 0 Å². The Hall–Kier alpha value is -1.91. The van der Waals surface area contributed by atoms with Crippen molar-refractivity contribution >= 4 is 5.82 Å². The zero-order valence-electron chi connectivity index (χ0n) is 11.4. The lowest BCUT2D eigenvalue weighted by atomic mass is 10.2. The van der Waals surface area contributed by atoms with Crippen LogP contribution in [0.1, 0.15) is 24.7 Å². The van der Waals surface area contributed by atoms with Crippen molar-refractivity contribution in [2.45, 2.75) is 27.2 Å². The molecule has 96 valence electrons. The predicted molar refractivity (Wildman–Crippen MR) is 72.5 cm³/mol. The molecule has 2 rings (SSSR count). The number of anilines is 1. The van der Waals surface area contributed by atoms with Gasteiger partial charge in [0.1, 0.15) is 5.69 Å². The van der Waals surface area contributed by atoms with Crippen LogP contribution >= 0.6 is 0 Å². The fourth-order valence-corrected chi connectivity index (χ4v) is 1.71. The first kappa shape index (κ1) is 12.5. The smallest absolute Gasteiger partial charge is 0.153 e. The summed E-state index contributed by atoms with van der Waals surface area (Å²) in [6.45, 7) is 6.98. The summed E-state index contributed by atoms with van der Waals surface area (Å²) in [5.74, 6) is 0.841. The van der Waals surface area contributed by atoms with Gasteiger partial charge in [-0.1, -0.05) is 6.92 Å². The van der Waals surface area contributed by atoms with Crippen molar-refractivity contribution in [3.05, 3.63) is 23.8 Å². The van der Waals surface area contributed by atoms with E-state index in [1.54, 1.807) is 4.68 Å². The zero-order valence-corrected chi connectivity index (χ0v) is 11.4. The molecule has 0 unspecified atom stereocenters. The van der Waals surface area contributed by atoms with E-state index in [1.807, 2.05) is 33.3 Å². The average Bonchev–Trinajstić information content (AvgIpc) is 2.77. The Morgan fingerprint density at radius 1 is 1.22 bits per heavy atom. The van der Waals surface area contributed by atoms with Crippen molar-refractivity contribution in [1.82, 2.24) is 19.7 Å². The van der Waals surface area contributed by atoms with Crippen LogP contribution in [0.25, 0.3) is 11.3 Å². The van der Waals surface area contributed by atoms with Crippen LogP contribution in [0.15, 0.2) is 12.4 Å². The second-order valence-corrected chi connectivity index (χ2v) is 4.42. The number of hydrogen-bond donors (Lipinski definition) is 1. The molecule has 18 heavy (non-hydrogen) atoms. The van der Waals surface area contributed by atoms with E-state index in [2.05, 4.69) is 27.3 Å². The van der Waals surface area contributed by atoms with Gasteiger partial charge < -0.3 is 5.32 Å². The largest absolute Gasteiger partial charge is 0.368 e. The molecule has 1 N–H and O–H groups in total. The SMILES string of the molecule is CCCNc1nc(C)c(C)nc1-c1cnn(C)c1. The third-order valence-corrected chi connectivity index (χ3v) is 2.83. The van der Waals surface area contributed by atoms with Crippen molar-refractivity contribution in [2.24, 2.45) is 7.05 Å². The minimum atomic E-state index is 0.841. The van der Waals surface area contributed by atoms with Crippen LogP contribution in [-0.4, -0.2) is 26.3 Å². The Kier molecular flexibility index (Phi) is 3.60. The Balaban J connectivity index is 2.46. The number of nitrogens with one attached hydrogen (secondary N) is 1. The third kappa shape index (κ3) is 2.50. The minimum Gasteiger partial charge on any atom is -0.368 e. The van der Waals surface area contributed by atoms with Crippen LogP contribution in [0.4, 0.5) is 5.82 Å². The normalized spacial score (nSPS) is 10.7. The van der Waals surface area contributed by atoms with Crippen molar-refractivity contribution < 1.29 is 0 Å². The van der Waals surface area contributed by atoms with E-state index < -0.39 is 0 Å². The van der Waals surface area contributed by atoms with E-state index >= 15 is 0 Å². The highest BCUT2D eigenvalue weighted by molar-refractivity contribution is 5.70. The molecule has 5 heteroatoms. The molecule has 0 aliphatic heterocycles. The van der Waals surface area contributed by atoms with Crippen molar-refractivity contribution in [1.29, 1.82) is 0 Å². The van der Waals surface area contributed by atoms with Gasteiger partial charge in [-0.15, -0.1) is 0 Å². The van der Waals surface area contributed by atoms with Crippen LogP contribution in [0.2, 0.25) is 0 Å².